The fraction of sp³-hybridized carbons (Fsp3) is 0.818. The van der Waals surface area contributed by atoms with Crippen LogP contribution in [0.5, 0.6) is 0 Å². The lowest BCUT2D eigenvalue weighted by atomic mass is 10.1. The van der Waals surface area contributed by atoms with E-state index in [-0.39, 0.29) is 11.6 Å². The van der Waals surface area contributed by atoms with Crippen molar-refractivity contribution in [2.75, 3.05) is 7.05 Å². The van der Waals surface area contributed by atoms with Gasteiger partial charge in [0.15, 0.2) is 0 Å². The first-order valence-electron chi connectivity index (χ1n) is 5.21. The van der Waals surface area contributed by atoms with Gasteiger partial charge in [-0.3, -0.25) is 0 Å². The maximum atomic E-state index is 11.7. The van der Waals surface area contributed by atoms with E-state index in [4.69, 9.17) is 4.74 Å². The lowest BCUT2D eigenvalue weighted by Gasteiger charge is -2.29. The number of ether oxygens (including phenoxy) is 1. The van der Waals surface area contributed by atoms with Crippen LogP contribution < -0.4 is 0 Å². The Morgan fingerprint density at radius 1 is 1.47 bits per heavy atom. The lowest BCUT2D eigenvalue weighted by Crippen LogP contribution is -2.42. The summed E-state index contributed by atoms with van der Waals surface area (Å²) in [4.78, 5) is 23.8. The van der Waals surface area contributed by atoms with Crippen LogP contribution in [-0.2, 0) is 9.53 Å². The fourth-order valence-electron chi connectivity index (χ4n) is 1.50. The van der Waals surface area contributed by atoms with E-state index in [1.165, 1.54) is 0 Å². The quantitative estimate of drug-likeness (QED) is 0.673. The zero-order chi connectivity index (χ0) is 11.7. The summed E-state index contributed by atoms with van der Waals surface area (Å²) in [6.07, 6.45) is 2.71. The normalized spacial score (nSPS) is 18.1. The van der Waals surface area contributed by atoms with Gasteiger partial charge in [0.05, 0.1) is 5.54 Å². The van der Waals surface area contributed by atoms with Crippen molar-refractivity contribution >= 4 is 12.4 Å². The Kier molecular flexibility index (Phi) is 3.07. The van der Waals surface area contributed by atoms with E-state index in [0.29, 0.717) is 6.42 Å². The molecule has 0 aromatic heterocycles. The Balaban J connectivity index is 2.57. The van der Waals surface area contributed by atoms with Crippen LogP contribution in [0.1, 0.15) is 40.0 Å². The molecule has 0 spiro atoms. The Bertz CT molecular complexity index is 263. The van der Waals surface area contributed by atoms with Crippen molar-refractivity contribution in [1.29, 1.82) is 0 Å². The third-order valence-corrected chi connectivity index (χ3v) is 2.67. The van der Waals surface area contributed by atoms with Crippen molar-refractivity contribution in [2.24, 2.45) is 0 Å². The first kappa shape index (κ1) is 12.0. The van der Waals surface area contributed by atoms with Crippen LogP contribution in [0.15, 0.2) is 0 Å². The maximum Gasteiger partial charge on any atom is 0.410 e. The van der Waals surface area contributed by atoms with E-state index in [1.54, 1.807) is 11.9 Å². The Labute approximate surface area is 90.6 Å². The highest BCUT2D eigenvalue weighted by molar-refractivity contribution is 5.70. The van der Waals surface area contributed by atoms with E-state index in [9.17, 15) is 9.59 Å². The van der Waals surface area contributed by atoms with Crippen LogP contribution in [0.25, 0.3) is 0 Å². The van der Waals surface area contributed by atoms with Gasteiger partial charge in [-0.1, -0.05) is 0 Å². The molecule has 4 nitrogen and oxygen atoms in total. The van der Waals surface area contributed by atoms with Gasteiger partial charge in [-0.2, -0.15) is 0 Å². The largest absolute Gasteiger partial charge is 0.444 e. The number of rotatable bonds is 3. The number of carbonyl (C=O) groups is 2. The molecule has 1 fully saturated rings. The summed E-state index contributed by atoms with van der Waals surface area (Å²) in [5.74, 6) is 0. The van der Waals surface area contributed by atoms with Crippen LogP contribution in [0.2, 0.25) is 0 Å². The second kappa shape index (κ2) is 3.83. The molecule has 1 saturated carbocycles. The van der Waals surface area contributed by atoms with Crippen molar-refractivity contribution in [3.63, 3.8) is 0 Å². The average Bonchev–Trinajstić information content (AvgIpc) is 2.82. The Morgan fingerprint density at radius 2 is 2.00 bits per heavy atom. The molecule has 1 aliphatic carbocycles. The lowest BCUT2D eigenvalue weighted by molar-refractivity contribution is -0.109. The van der Waals surface area contributed by atoms with E-state index in [2.05, 4.69) is 0 Å². The van der Waals surface area contributed by atoms with Crippen LogP contribution in [-0.4, -0.2) is 35.5 Å². The zero-order valence-corrected chi connectivity index (χ0v) is 9.87. The highest BCUT2D eigenvalue weighted by atomic mass is 16.6. The average molecular weight is 213 g/mol. The summed E-state index contributed by atoms with van der Waals surface area (Å²) in [6, 6.07) is 0. The van der Waals surface area contributed by atoms with Crippen molar-refractivity contribution in [3.05, 3.63) is 0 Å². The van der Waals surface area contributed by atoms with Crippen LogP contribution in [0.3, 0.4) is 0 Å². The maximum absolute atomic E-state index is 11.7. The topological polar surface area (TPSA) is 46.6 Å². The number of amides is 1. The van der Waals surface area contributed by atoms with Gasteiger partial charge >= 0.3 is 6.09 Å². The van der Waals surface area contributed by atoms with E-state index < -0.39 is 5.60 Å². The third kappa shape index (κ3) is 2.94. The number of carbonyl (C=O) groups excluding carboxylic acids is 2. The summed E-state index contributed by atoms with van der Waals surface area (Å²) in [5.41, 5.74) is -0.743. The Hall–Kier alpha value is -1.06. The first-order valence-corrected chi connectivity index (χ1v) is 5.21. The minimum absolute atomic E-state index is 0.260. The minimum atomic E-state index is -0.484. The van der Waals surface area contributed by atoms with E-state index >= 15 is 0 Å². The summed E-state index contributed by atoms with van der Waals surface area (Å²) < 4.78 is 5.24. The molecule has 15 heavy (non-hydrogen) atoms. The third-order valence-electron chi connectivity index (χ3n) is 2.67. The van der Waals surface area contributed by atoms with Crippen molar-refractivity contribution in [2.45, 2.75) is 51.2 Å². The van der Waals surface area contributed by atoms with Crippen LogP contribution in [0, 0.1) is 0 Å². The monoisotopic (exact) mass is 213 g/mol. The molecule has 0 aromatic rings. The van der Waals surface area contributed by atoms with Crippen molar-refractivity contribution < 1.29 is 14.3 Å². The zero-order valence-electron chi connectivity index (χ0n) is 9.87. The molecule has 0 radical (unpaired) electrons. The van der Waals surface area contributed by atoms with Gasteiger partial charge in [-0.15, -0.1) is 0 Å². The van der Waals surface area contributed by atoms with Gasteiger partial charge in [-0.25, -0.2) is 4.79 Å². The summed E-state index contributed by atoms with van der Waals surface area (Å²) in [6.45, 7) is 5.49. The summed E-state index contributed by atoms with van der Waals surface area (Å²) >= 11 is 0. The molecular formula is C11H19NO3. The molecule has 0 bridgehead atoms. The highest BCUT2D eigenvalue weighted by Gasteiger charge is 2.49. The smallest absolute Gasteiger partial charge is 0.410 e. The highest BCUT2D eigenvalue weighted by Crippen LogP contribution is 2.43. The SMILES string of the molecule is CN(C(=O)OC(C)(C)C)C1(CC=O)CC1. The molecule has 0 atom stereocenters. The fourth-order valence-corrected chi connectivity index (χ4v) is 1.50. The predicted molar refractivity (Wildman–Crippen MR) is 56.6 cm³/mol. The molecule has 86 valence electrons. The molecule has 0 aromatic carbocycles. The predicted octanol–water partition coefficient (Wildman–Crippen LogP) is 1.97. The molecule has 1 rings (SSSR count). The molecule has 0 N–H and O–H groups in total. The summed E-state index contributed by atoms with van der Waals surface area (Å²) in [7, 11) is 1.70. The molecular weight excluding hydrogens is 194 g/mol. The van der Waals surface area contributed by atoms with Gasteiger partial charge in [0.2, 0.25) is 0 Å². The number of hydrogen-bond acceptors (Lipinski definition) is 3. The number of nitrogens with zero attached hydrogens (tertiary/aromatic N) is 1. The van der Waals surface area contributed by atoms with Crippen molar-refractivity contribution in [3.8, 4) is 0 Å². The molecule has 4 heteroatoms. The molecule has 0 heterocycles. The second-order valence-electron chi connectivity index (χ2n) is 5.13. The summed E-state index contributed by atoms with van der Waals surface area (Å²) in [5, 5.41) is 0. The molecule has 0 aliphatic heterocycles. The molecule has 1 amide bonds. The second-order valence-corrected chi connectivity index (χ2v) is 5.13. The van der Waals surface area contributed by atoms with E-state index in [0.717, 1.165) is 19.1 Å². The van der Waals surface area contributed by atoms with Gasteiger partial charge in [0.1, 0.15) is 11.9 Å². The number of aldehydes is 1. The molecule has 1 aliphatic rings. The minimum Gasteiger partial charge on any atom is -0.444 e. The first-order chi connectivity index (χ1) is 6.81. The van der Waals surface area contributed by atoms with Gasteiger partial charge < -0.3 is 14.4 Å². The van der Waals surface area contributed by atoms with Crippen LogP contribution >= 0.6 is 0 Å². The molecule has 0 saturated heterocycles. The van der Waals surface area contributed by atoms with Crippen molar-refractivity contribution in [1.82, 2.24) is 4.90 Å². The van der Waals surface area contributed by atoms with Crippen LogP contribution in [0.4, 0.5) is 4.79 Å². The number of hydrogen-bond donors (Lipinski definition) is 0. The Morgan fingerprint density at radius 3 is 2.33 bits per heavy atom. The van der Waals surface area contributed by atoms with E-state index in [1.807, 2.05) is 20.8 Å². The standard InChI is InChI=1S/C11H19NO3/c1-10(2,3)15-9(14)12(4)11(5-6-11)7-8-13/h8H,5-7H2,1-4H3. The van der Waals surface area contributed by atoms with Gasteiger partial charge in [0, 0.05) is 13.5 Å². The van der Waals surface area contributed by atoms with Gasteiger partial charge in [0.25, 0.3) is 0 Å². The molecule has 0 unspecified atom stereocenters. The van der Waals surface area contributed by atoms with Gasteiger partial charge in [-0.05, 0) is 33.6 Å².